The minimum absolute atomic E-state index is 0.138. The van der Waals surface area contributed by atoms with Crippen molar-refractivity contribution in [1.82, 2.24) is 10.6 Å². The van der Waals surface area contributed by atoms with Gasteiger partial charge in [0.25, 0.3) is 0 Å². The van der Waals surface area contributed by atoms with E-state index in [-0.39, 0.29) is 24.8 Å². The third kappa shape index (κ3) is 6.91. The van der Waals surface area contributed by atoms with Crippen LogP contribution in [0.15, 0.2) is 12.1 Å². The molecule has 1 aromatic rings. The Morgan fingerprint density at radius 3 is 2.45 bits per heavy atom. The first-order chi connectivity index (χ1) is 10.3. The molecule has 0 fully saturated rings. The molecule has 0 aliphatic carbocycles. The summed E-state index contributed by atoms with van der Waals surface area (Å²) < 4.78 is 0.596. The highest BCUT2D eigenvalue weighted by Gasteiger charge is 2.21. The molecule has 1 atom stereocenters. The number of carbonyl (C=O) groups is 3. The van der Waals surface area contributed by atoms with Gasteiger partial charge in [-0.1, -0.05) is 25.4 Å². The van der Waals surface area contributed by atoms with Gasteiger partial charge in [0.05, 0.1) is 17.3 Å². The van der Waals surface area contributed by atoms with Gasteiger partial charge < -0.3 is 15.7 Å². The monoisotopic (exact) mass is 346 g/mol. The molecule has 0 unspecified atom stereocenters. The van der Waals surface area contributed by atoms with Crippen LogP contribution in [0.3, 0.4) is 0 Å². The number of thiophene rings is 1. The van der Waals surface area contributed by atoms with Crippen molar-refractivity contribution < 1.29 is 19.5 Å². The number of carboxylic acids is 1. The molecule has 6 nitrogen and oxygen atoms in total. The number of amides is 2. The van der Waals surface area contributed by atoms with Crippen LogP contribution in [-0.2, 0) is 20.8 Å². The molecule has 0 radical (unpaired) electrons. The Bertz CT molecular complexity index is 545. The molecule has 1 aromatic heterocycles. The second kappa shape index (κ2) is 8.75. The average molecular weight is 347 g/mol. The standard InChI is InChI=1S/C14H19ClN2O4S/c1-8(2)5-10(14(20)21)17-13(19)7-16-12(18)6-9-3-4-11(15)22-9/h3-4,8,10H,5-7H2,1-2H3,(H,16,18)(H,17,19)(H,20,21)/t10-/m0/s1. The molecule has 2 amide bonds. The lowest BCUT2D eigenvalue weighted by Crippen LogP contribution is -2.46. The van der Waals surface area contributed by atoms with Crippen LogP contribution in [0.2, 0.25) is 4.34 Å². The van der Waals surface area contributed by atoms with Gasteiger partial charge in [-0.2, -0.15) is 0 Å². The topological polar surface area (TPSA) is 95.5 Å². The number of carbonyl (C=O) groups excluding carboxylic acids is 2. The Morgan fingerprint density at radius 1 is 1.27 bits per heavy atom. The van der Waals surface area contributed by atoms with Crippen LogP contribution >= 0.6 is 22.9 Å². The molecule has 0 aliphatic rings. The smallest absolute Gasteiger partial charge is 0.326 e. The van der Waals surface area contributed by atoms with Crippen molar-refractivity contribution in [3.8, 4) is 0 Å². The number of carboxylic acid groups (broad SMARTS) is 1. The van der Waals surface area contributed by atoms with Crippen molar-refractivity contribution >= 4 is 40.7 Å². The van der Waals surface area contributed by atoms with Crippen LogP contribution in [0.4, 0.5) is 0 Å². The minimum Gasteiger partial charge on any atom is -0.480 e. The van der Waals surface area contributed by atoms with Gasteiger partial charge in [-0.25, -0.2) is 4.79 Å². The second-order valence-corrected chi connectivity index (χ2v) is 7.05. The van der Waals surface area contributed by atoms with E-state index in [0.717, 1.165) is 4.88 Å². The fourth-order valence-corrected chi connectivity index (χ4v) is 2.87. The SMILES string of the molecule is CC(C)C[C@H](NC(=O)CNC(=O)Cc1ccc(Cl)s1)C(=O)O. The largest absolute Gasteiger partial charge is 0.480 e. The first-order valence-corrected chi connectivity index (χ1v) is 8.00. The van der Waals surface area contributed by atoms with Crippen LogP contribution in [0.25, 0.3) is 0 Å². The number of halogens is 1. The maximum Gasteiger partial charge on any atom is 0.326 e. The first kappa shape index (κ1) is 18.4. The molecule has 1 heterocycles. The third-order valence-electron chi connectivity index (χ3n) is 2.75. The molecule has 0 spiro atoms. The Hall–Kier alpha value is -1.60. The number of aliphatic carboxylic acids is 1. The second-order valence-electron chi connectivity index (χ2n) is 5.25. The lowest BCUT2D eigenvalue weighted by molar-refractivity contribution is -0.142. The summed E-state index contributed by atoms with van der Waals surface area (Å²) in [4.78, 5) is 35.2. The molecule has 22 heavy (non-hydrogen) atoms. The Morgan fingerprint density at radius 2 is 1.95 bits per heavy atom. The van der Waals surface area contributed by atoms with Crippen LogP contribution in [-0.4, -0.2) is 35.5 Å². The van der Waals surface area contributed by atoms with E-state index in [1.54, 1.807) is 12.1 Å². The van der Waals surface area contributed by atoms with E-state index in [1.807, 2.05) is 13.8 Å². The highest BCUT2D eigenvalue weighted by molar-refractivity contribution is 7.16. The van der Waals surface area contributed by atoms with Gasteiger partial charge >= 0.3 is 5.97 Å². The Balaban J connectivity index is 2.38. The predicted octanol–water partition coefficient (Wildman–Crippen LogP) is 1.68. The van der Waals surface area contributed by atoms with Gasteiger partial charge in [0, 0.05) is 4.88 Å². The summed E-state index contributed by atoms with van der Waals surface area (Å²) >= 11 is 7.06. The number of hydrogen-bond donors (Lipinski definition) is 3. The normalized spacial score (nSPS) is 12.0. The van der Waals surface area contributed by atoms with Gasteiger partial charge in [-0.05, 0) is 24.5 Å². The van der Waals surface area contributed by atoms with Crippen molar-refractivity contribution in [3.63, 3.8) is 0 Å². The van der Waals surface area contributed by atoms with E-state index in [2.05, 4.69) is 10.6 Å². The van der Waals surface area contributed by atoms with Crippen LogP contribution in [0, 0.1) is 5.92 Å². The van der Waals surface area contributed by atoms with E-state index in [4.69, 9.17) is 16.7 Å². The molecule has 0 saturated carbocycles. The van der Waals surface area contributed by atoms with Crippen molar-refractivity contribution in [3.05, 3.63) is 21.3 Å². The maximum atomic E-state index is 11.7. The van der Waals surface area contributed by atoms with Crippen LogP contribution < -0.4 is 10.6 Å². The molecule has 1 rings (SSSR count). The average Bonchev–Trinajstić information content (AvgIpc) is 2.80. The molecule has 0 aromatic carbocycles. The van der Waals surface area contributed by atoms with Crippen LogP contribution in [0.5, 0.6) is 0 Å². The highest BCUT2D eigenvalue weighted by atomic mass is 35.5. The molecule has 0 saturated heterocycles. The minimum atomic E-state index is -1.08. The molecule has 0 bridgehead atoms. The lowest BCUT2D eigenvalue weighted by Gasteiger charge is -2.16. The summed E-state index contributed by atoms with van der Waals surface area (Å²) in [6, 6.07) is 2.50. The number of nitrogens with one attached hydrogen (secondary N) is 2. The molecule has 8 heteroatoms. The first-order valence-electron chi connectivity index (χ1n) is 6.81. The summed E-state index contributed by atoms with van der Waals surface area (Å²) in [6.45, 7) is 3.49. The van der Waals surface area contributed by atoms with Gasteiger partial charge in [-0.3, -0.25) is 9.59 Å². The van der Waals surface area contributed by atoms with Crippen molar-refractivity contribution in [2.45, 2.75) is 32.7 Å². The Kier molecular flexibility index (Phi) is 7.34. The van der Waals surface area contributed by atoms with Crippen LogP contribution in [0.1, 0.15) is 25.1 Å². The van der Waals surface area contributed by atoms with Gasteiger partial charge in [0.2, 0.25) is 11.8 Å². The quantitative estimate of drug-likeness (QED) is 0.667. The molecule has 0 aliphatic heterocycles. The Labute approximate surface area is 137 Å². The molecular weight excluding hydrogens is 328 g/mol. The summed E-state index contributed by atoms with van der Waals surface area (Å²) in [5.74, 6) is -1.78. The fraction of sp³-hybridized carbons (Fsp3) is 0.500. The van der Waals surface area contributed by atoms with Gasteiger partial charge in [0.15, 0.2) is 0 Å². The predicted molar refractivity (Wildman–Crippen MR) is 85.1 cm³/mol. The maximum absolute atomic E-state index is 11.7. The zero-order valence-electron chi connectivity index (χ0n) is 12.4. The lowest BCUT2D eigenvalue weighted by atomic mass is 10.0. The summed E-state index contributed by atoms with van der Waals surface area (Å²) in [5, 5.41) is 13.9. The summed E-state index contributed by atoms with van der Waals surface area (Å²) in [5.41, 5.74) is 0. The van der Waals surface area contributed by atoms with Crippen molar-refractivity contribution in [2.24, 2.45) is 5.92 Å². The molecule has 3 N–H and O–H groups in total. The molecule has 122 valence electrons. The highest BCUT2D eigenvalue weighted by Crippen LogP contribution is 2.21. The van der Waals surface area contributed by atoms with Crippen molar-refractivity contribution in [2.75, 3.05) is 6.54 Å². The van der Waals surface area contributed by atoms with E-state index in [1.165, 1.54) is 11.3 Å². The summed E-state index contributed by atoms with van der Waals surface area (Å²) in [7, 11) is 0. The number of rotatable bonds is 8. The van der Waals surface area contributed by atoms with E-state index in [0.29, 0.717) is 10.8 Å². The van der Waals surface area contributed by atoms with Gasteiger partial charge in [0.1, 0.15) is 6.04 Å². The van der Waals surface area contributed by atoms with Crippen molar-refractivity contribution in [1.29, 1.82) is 0 Å². The zero-order valence-corrected chi connectivity index (χ0v) is 14.0. The molecular formula is C14H19ClN2O4S. The van der Waals surface area contributed by atoms with Gasteiger partial charge in [-0.15, -0.1) is 11.3 Å². The van der Waals surface area contributed by atoms with E-state index < -0.39 is 17.9 Å². The van der Waals surface area contributed by atoms with E-state index in [9.17, 15) is 14.4 Å². The summed E-state index contributed by atoms with van der Waals surface area (Å²) in [6.07, 6.45) is 0.474. The van der Waals surface area contributed by atoms with E-state index >= 15 is 0 Å². The number of hydrogen-bond acceptors (Lipinski definition) is 4. The third-order valence-corrected chi connectivity index (χ3v) is 3.98. The fourth-order valence-electron chi connectivity index (χ4n) is 1.78. The zero-order chi connectivity index (χ0) is 16.7.